The van der Waals surface area contributed by atoms with E-state index in [0.29, 0.717) is 11.4 Å². The number of nitrogens with one attached hydrogen (secondary N) is 2. The Kier molecular flexibility index (Phi) is 5.17. The topological polar surface area (TPSA) is 102 Å². The summed E-state index contributed by atoms with van der Waals surface area (Å²) in [5.41, 5.74) is -0.0437. The van der Waals surface area contributed by atoms with E-state index in [9.17, 15) is 18.0 Å². The van der Waals surface area contributed by atoms with Crippen molar-refractivity contribution in [3.63, 3.8) is 0 Å². The van der Waals surface area contributed by atoms with E-state index in [1.807, 2.05) is 20.8 Å². The van der Waals surface area contributed by atoms with Crippen LogP contribution in [0.2, 0.25) is 0 Å². The van der Waals surface area contributed by atoms with Crippen LogP contribution in [0.15, 0.2) is 23.1 Å². The van der Waals surface area contributed by atoms with Crippen molar-refractivity contribution in [3.05, 3.63) is 18.2 Å². The fraction of sp³-hybridized carbons (Fsp3) is 0.500. The lowest BCUT2D eigenvalue weighted by molar-refractivity contribution is -0.122. The maximum absolute atomic E-state index is 12.4. The molecule has 132 valence electrons. The Morgan fingerprint density at radius 1 is 1.38 bits per heavy atom. The van der Waals surface area contributed by atoms with Gasteiger partial charge in [-0.3, -0.25) is 9.59 Å². The predicted molar refractivity (Wildman–Crippen MR) is 89.7 cm³/mol. The molecule has 0 unspecified atom stereocenters. The molecule has 1 aromatic carbocycles. The van der Waals surface area contributed by atoms with E-state index in [1.165, 1.54) is 18.2 Å². The standard InChI is InChI=1S/C16H22N2O5S/c1-4-16(2,3)18-14(19)7-8-24(21,22)11-5-6-13-12(9-11)17-15(20)10-23-13/h5-6,9H,4,7-8,10H2,1-3H3,(H,17,20)(H,18,19). The number of anilines is 1. The number of rotatable bonds is 6. The monoisotopic (exact) mass is 354 g/mol. The van der Waals surface area contributed by atoms with Crippen molar-refractivity contribution in [2.75, 3.05) is 17.7 Å². The first-order chi connectivity index (χ1) is 11.1. The Morgan fingerprint density at radius 2 is 2.08 bits per heavy atom. The first kappa shape index (κ1) is 18.3. The number of fused-ring (bicyclic) bond motifs is 1. The second-order valence-corrected chi connectivity index (χ2v) is 8.46. The molecule has 0 saturated heterocycles. The first-order valence-electron chi connectivity index (χ1n) is 7.73. The molecular weight excluding hydrogens is 332 g/mol. The minimum Gasteiger partial charge on any atom is -0.482 e. The summed E-state index contributed by atoms with van der Waals surface area (Å²) >= 11 is 0. The van der Waals surface area contributed by atoms with Gasteiger partial charge >= 0.3 is 0 Å². The number of hydrogen-bond acceptors (Lipinski definition) is 5. The van der Waals surface area contributed by atoms with Crippen LogP contribution in [0.1, 0.15) is 33.6 Å². The van der Waals surface area contributed by atoms with Gasteiger partial charge in [-0.2, -0.15) is 0 Å². The molecule has 0 aromatic heterocycles. The van der Waals surface area contributed by atoms with Gasteiger partial charge in [-0.25, -0.2) is 8.42 Å². The molecule has 2 rings (SSSR count). The zero-order valence-electron chi connectivity index (χ0n) is 14.0. The second kappa shape index (κ2) is 6.80. The molecule has 0 bridgehead atoms. The van der Waals surface area contributed by atoms with Gasteiger partial charge < -0.3 is 15.4 Å². The molecule has 24 heavy (non-hydrogen) atoms. The zero-order valence-corrected chi connectivity index (χ0v) is 14.8. The number of ether oxygens (including phenoxy) is 1. The predicted octanol–water partition coefficient (Wildman–Crippen LogP) is 1.49. The summed E-state index contributed by atoms with van der Waals surface area (Å²) in [6.45, 7) is 5.62. The average Bonchev–Trinajstić information content (AvgIpc) is 2.52. The third-order valence-electron chi connectivity index (χ3n) is 3.90. The van der Waals surface area contributed by atoms with Crippen molar-refractivity contribution in [3.8, 4) is 5.75 Å². The molecule has 2 amide bonds. The molecule has 0 spiro atoms. The van der Waals surface area contributed by atoms with Crippen LogP contribution in [0.4, 0.5) is 5.69 Å². The van der Waals surface area contributed by atoms with Crippen LogP contribution in [0, 0.1) is 0 Å². The van der Waals surface area contributed by atoms with Crippen LogP contribution in [-0.2, 0) is 19.4 Å². The summed E-state index contributed by atoms with van der Waals surface area (Å²) in [6.07, 6.45) is 0.627. The molecule has 0 atom stereocenters. The summed E-state index contributed by atoms with van der Waals surface area (Å²) in [5.74, 6) is -0.513. The molecule has 0 aliphatic carbocycles. The van der Waals surface area contributed by atoms with Crippen molar-refractivity contribution in [2.45, 2.75) is 44.0 Å². The summed E-state index contributed by atoms with van der Waals surface area (Å²) < 4.78 is 30.0. The van der Waals surface area contributed by atoms with Gasteiger partial charge in [0, 0.05) is 12.0 Å². The smallest absolute Gasteiger partial charge is 0.262 e. The lowest BCUT2D eigenvalue weighted by Crippen LogP contribution is -2.43. The van der Waals surface area contributed by atoms with E-state index in [1.54, 1.807) is 0 Å². The average molecular weight is 354 g/mol. The van der Waals surface area contributed by atoms with Crippen LogP contribution in [0.3, 0.4) is 0 Å². The van der Waals surface area contributed by atoms with Gasteiger partial charge in [0.05, 0.1) is 16.3 Å². The maximum Gasteiger partial charge on any atom is 0.262 e. The highest BCUT2D eigenvalue weighted by molar-refractivity contribution is 7.91. The van der Waals surface area contributed by atoms with Gasteiger partial charge in [0.25, 0.3) is 5.91 Å². The Morgan fingerprint density at radius 3 is 2.75 bits per heavy atom. The van der Waals surface area contributed by atoms with Gasteiger partial charge in [-0.1, -0.05) is 6.92 Å². The quantitative estimate of drug-likeness (QED) is 0.806. The van der Waals surface area contributed by atoms with E-state index in [0.717, 1.165) is 6.42 Å². The molecule has 7 nitrogen and oxygen atoms in total. The maximum atomic E-state index is 12.4. The van der Waals surface area contributed by atoms with E-state index >= 15 is 0 Å². The minimum absolute atomic E-state index is 0.0506. The number of carbonyl (C=O) groups excluding carboxylic acids is 2. The third-order valence-corrected chi connectivity index (χ3v) is 5.62. The van der Waals surface area contributed by atoms with Crippen molar-refractivity contribution in [1.29, 1.82) is 0 Å². The highest BCUT2D eigenvalue weighted by Gasteiger charge is 2.23. The number of sulfone groups is 1. The molecule has 1 aliphatic heterocycles. The van der Waals surface area contributed by atoms with Crippen LogP contribution in [0.5, 0.6) is 5.75 Å². The van der Waals surface area contributed by atoms with E-state index < -0.39 is 9.84 Å². The molecule has 8 heteroatoms. The van der Waals surface area contributed by atoms with Crippen molar-refractivity contribution in [1.82, 2.24) is 5.32 Å². The third kappa shape index (κ3) is 4.47. The fourth-order valence-electron chi connectivity index (χ4n) is 2.13. The SMILES string of the molecule is CCC(C)(C)NC(=O)CCS(=O)(=O)c1ccc2c(c1)NC(=O)CO2. The molecule has 2 N–H and O–H groups in total. The van der Waals surface area contributed by atoms with Gasteiger partial charge in [0.1, 0.15) is 5.75 Å². The van der Waals surface area contributed by atoms with E-state index in [2.05, 4.69) is 10.6 Å². The van der Waals surface area contributed by atoms with Gasteiger partial charge in [0.15, 0.2) is 16.4 Å². The number of benzene rings is 1. The number of hydrogen-bond donors (Lipinski definition) is 2. The van der Waals surface area contributed by atoms with Crippen LogP contribution in [-0.4, -0.2) is 38.1 Å². The molecular formula is C16H22N2O5S. The summed E-state index contributed by atoms with van der Waals surface area (Å²) in [4.78, 5) is 23.3. The Hall–Kier alpha value is -2.09. The lowest BCUT2D eigenvalue weighted by atomic mass is 10.0. The highest BCUT2D eigenvalue weighted by Crippen LogP contribution is 2.30. The lowest BCUT2D eigenvalue weighted by Gasteiger charge is -2.24. The highest BCUT2D eigenvalue weighted by atomic mass is 32.2. The summed E-state index contributed by atoms with van der Waals surface area (Å²) in [6, 6.07) is 4.27. The molecule has 1 heterocycles. The van der Waals surface area contributed by atoms with Crippen molar-refractivity contribution >= 4 is 27.3 Å². The molecule has 1 aromatic rings. The normalized spacial score (nSPS) is 14.4. The largest absolute Gasteiger partial charge is 0.482 e. The van der Waals surface area contributed by atoms with Crippen LogP contribution < -0.4 is 15.4 Å². The molecule has 0 saturated carbocycles. The molecule has 0 fully saturated rings. The van der Waals surface area contributed by atoms with Gasteiger partial charge in [0.2, 0.25) is 5.91 Å². The van der Waals surface area contributed by atoms with Crippen molar-refractivity contribution < 1.29 is 22.7 Å². The summed E-state index contributed by atoms with van der Waals surface area (Å²) in [7, 11) is -3.64. The van der Waals surface area contributed by atoms with Crippen LogP contribution in [0.25, 0.3) is 0 Å². The van der Waals surface area contributed by atoms with E-state index in [-0.39, 0.29) is 41.0 Å². The van der Waals surface area contributed by atoms with Crippen molar-refractivity contribution in [2.24, 2.45) is 0 Å². The van der Waals surface area contributed by atoms with Gasteiger partial charge in [-0.15, -0.1) is 0 Å². The first-order valence-corrected chi connectivity index (χ1v) is 9.39. The van der Waals surface area contributed by atoms with E-state index in [4.69, 9.17) is 4.74 Å². The molecule has 1 aliphatic rings. The minimum atomic E-state index is -3.64. The Balaban J connectivity index is 2.07. The molecule has 0 radical (unpaired) electrons. The van der Waals surface area contributed by atoms with Crippen LogP contribution >= 0.6 is 0 Å². The Bertz CT molecular complexity index is 756. The zero-order chi connectivity index (χ0) is 18.0. The number of amides is 2. The fourth-order valence-corrected chi connectivity index (χ4v) is 3.39. The number of carbonyl (C=O) groups is 2. The second-order valence-electron chi connectivity index (χ2n) is 6.35. The van der Waals surface area contributed by atoms with Gasteiger partial charge in [-0.05, 0) is 38.5 Å². The Labute approximate surface area is 141 Å². The summed E-state index contributed by atoms with van der Waals surface area (Å²) in [5, 5.41) is 5.37.